The van der Waals surface area contributed by atoms with E-state index in [-0.39, 0.29) is 11.7 Å². The molecule has 3 nitrogen and oxygen atoms in total. The lowest BCUT2D eigenvalue weighted by molar-refractivity contribution is -0.0128. The van der Waals surface area contributed by atoms with Gasteiger partial charge in [0.1, 0.15) is 12.4 Å². The second kappa shape index (κ2) is 4.10. The highest BCUT2D eigenvalue weighted by molar-refractivity contribution is 14.1. The number of hydrogen-bond donors (Lipinski definition) is 0. The van der Waals surface area contributed by atoms with Gasteiger partial charge in [0.25, 0.3) is 0 Å². The first-order valence-electron chi connectivity index (χ1n) is 4.73. The van der Waals surface area contributed by atoms with Crippen LogP contribution in [0.3, 0.4) is 0 Å². The number of halogens is 1. The molecule has 0 bridgehead atoms. The van der Waals surface area contributed by atoms with Crippen LogP contribution in [0.15, 0.2) is 18.6 Å². The zero-order chi connectivity index (χ0) is 10.0. The minimum absolute atomic E-state index is 0.0379. The highest BCUT2D eigenvalue weighted by Gasteiger charge is 2.36. The van der Waals surface area contributed by atoms with E-state index in [0.717, 1.165) is 23.0 Å². The van der Waals surface area contributed by atoms with Crippen LogP contribution in [-0.2, 0) is 4.74 Å². The van der Waals surface area contributed by atoms with Crippen LogP contribution < -0.4 is 0 Å². The smallest absolute Gasteiger partial charge is 0.115 e. The van der Waals surface area contributed by atoms with Gasteiger partial charge in [0, 0.05) is 10.6 Å². The first-order valence-corrected chi connectivity index (χ1v) is 6.26. The van der Waals surface area contributed by atoms with Gasteiger partial charge in [0.05, 0.1) is 11.3 Å². The number of ether oxygens (including phenoxy) is 1. The van der Waals surface area contributed by atoms with Crippen molar-refractivity contribution in [3.63, 3.8) is 0 Å². The molecule has 0 aliphatic carbocycles. The first-order chi connectivity index (χ1) is 6.73. The Morgan fingerprint density at radius 1 is 1.71 bits per heavy atom. The van der Waals surface area contributed by atoms with Crippen molar-refractivity contribution in [3.8, 4) is 0 Å². The van der Waals surface area contributed by atoms with E-state index in [1.165, 1.54) is 0 Å². The maximum Gasteiger partial charge on any atom is 0.115 e. The Morgan fingerprint density at radius 2 is 2.57 bits per heavy atom. The highest BCUT2D eigenvalue weighted by Crippen LogP contribution is 2.39. The number of alkyl halides is 1. The monoisotopic (exact) mass is 304 g/mol. The highest BCUT2D eigenvalue weighted by atomic mass is 127. The maximum atomic E-state index is 5.99. The predicted octanol–water partition coefficient (Wildman–Crippen LogP) is 2.52. The summed E-state index contributed by atoms with van der Waals surface area (Å²) < 4.78 is 7.02. The van der Waals surface area contributed by atoms with Gasteiger partial charge in [-0.2, -0.15) is 0 Å². The Morgan fingerprint density at radius 3 is 3.14 bits per heavy atom. The van der Waals surface area contributed by atoms with Crippen molar-refractivity contribution in [1.82, 2.24) is 9.97 Å². The lowest BCUT2D eigenvalue weighted by atomic mass is 10.0. The predicted molar refractivity (Wildman–Crippen MR) is 62.4 cm³/mol. The number of rotatable bonds is 2. The molecule has 76 valence electrons. The van der Waals surface area contributed by atoms with Crippen molar-refractivity contribution in [2.24, 2.45) is 0 Å². The van der Waals surface area contributed by atoms with Crippen LogP contribution in [0.5, 0.6) is 0 Å². The summed E-state index contributed by atoms with van der Waals surface area (Å²) in [5, 5.41) is 0. The van der Waals surface area contributed by atoms with Crippen molar-refractivity contribution in [3.05, 3.63) is 24.3 Å². The molecule has 1 aliphatic heterocycles. The molecule has 0 amide bonds. The van der Waals surface area contributed by atoms with Crippen molar-refractivity contribution in [1.29, 1.82) is 0 Å². The molecule has 0 radical (unpaired) electrons. The SMILES string of the molecule is CC1(CI)CCC(c2ccncn2)O1. The van der Waals surface area contributed by atoms with Crippen LogP contribution in [0, 0.1) is 0 Å². The van der Waals surface area contributed by atoms with E-state index in [1.807, 2.05) is 6.07 Å². The molecule has 0 aromatic carbocycles. The van der Waals surface area contributed by atoms with Gasteiger partial charge in [-0.1, -0.05) is 22.6 Å². The Balaban J connectivity index is 2.10. The van der Waals surface area contributed by atoms with Gasteiger partial charge >= 0.3 is 0 Å². The molecule has 1 saturated heterocycles. The summed E-state index contributed by atoms with van der Waals surface area (Å²) in [6.45, 7) is 2.17. The summed E-state index contributed by atoms with van der Waals surface area (Å²) in [5.41, 5.74) is 1.05. The van der Waals surface area contributed by atoms with Crippen LogP contribution in [-0.4, -0.2) is 20.0 Å². The van der Waals surface area contributed by atoms with Gasteiger partial charge in [-0.3, -0.25) is 0 Å². The molecule has 2 heterocycles. The molecule has 14 heavy (non-hydrogen) atoms. The number of aromatic nitrogens is 2. The van der Waals surface area contributed by atoms with Gasteiger partial charge in [0.15, 0.2) is 0 Å². The largest absolute Gasteiger partial charge is 0.365 e. The molecule has 0 N–H and O–H groups in total. The van der Waals surface area contributed by atoms with E-state index >= 15 is 0 Å². The van der Waals surface area contributed by atoms with Crippen LogP contribution >= 0.6 is 22.6 Å². The number of nitrogens with zero attached hydrogens (tertiary/aromatic N) is 2. The Hall–Kier alpha value is -0.230. The lowest BCUT2D eigenvalue weighted by Crippen LogP contribution is -2.25. The third kappa shape index (κ3) is 2.06. The van der Waals surface area contributed by atoms with E-state index in [4.69, 9.17) is 4.74 Å². The third-order valence-electron chi connectivity index (χ3n) is 2.58. The zero-order valence-corrected chi connectivity index (χ0v) is 10.3. The molecular weight excluding hydrogens is 291 g/mol. The lowest BCUT2D eigenvalue weighted by Gasteiger charge is -2.21. The Bertz CT molecular complexity index is 306. The van der Waals surface area contributed by atoms with E-state index in [0.29, 0.717) is 0 Å². The van der Waals surface area contributed by atoms with Crippen LogP contribution in [0.4, 0.5) is 0 Å². The topological polar surface area (TPSA) is 35.0 Å². The van der Waals surface area contributed by atoms with Crippen molar-refractivity contribution >= 4 is 22.6 Å². The molecule has 4 heteroatoms. The third-order valence-corrected chi connectivity index (χ3v) is 4.19. The molecule has 0 spiro atoms. The quantitative estimate of drug-likeness (QED) is 0.622. The standard InChI is InChI=1S/C10H13IN2O/c1-10(6-11)4-2-9(14-10)8-3-5-12-7-13-8/h3,5,7,9H,2,4,6H2,1H3. The van der Waals surface area contributed by atoms with Gasteiger partial charge in [0.2, 0.25) is 0 Å². The fourth-order valence-corrected chi connectivity index (χ4v) is 2.26. The fraction of sp³-hybridized carbons (Fsp3) is 0.600. The molecule has 1 aliphatic rings. The molecule has 1 aromatic heterocycles. The molecule has 2 unspecified atom stereocenters. The first kappa shape index (κ1) is 10.3. The number of hydrogen-bond acceptors (Lipinski definition) is 3. The van der Waals surface area contributed by atoms with Crippen molar-refractivity contribution < 1.29 is 4.74 Å². The van der Waals surface area contributed by atoms with Crippen LogP contribution in [0.2, 0.25) is 0 Å². The van der Waals surface area contributed by atoms with E-state index in [1.54, 1.807) is 12.5 Å². The summed E-state index contributed by atoms with van der Waals surface area (Å²) in [5.74, 6) is 0. The molecular formula is C10H13IN2O. The molecule has 2 atom stereocenters. The summed E-state index contributed by atoms with van der Waals surface area (Å²) in [4.78, 5) is 8.13. The summed E-state index contributed by atoms with van der Waals surface area (Å²) >= 11 is 2.38. The Kier molecular flexibility index (Phi) is 3.02. The maximum absolute atomic E-state index is 5.99. The minimum Gasteiger partial charge on any atom is -0.365 e. The van der Waals surface area contributed by atoms with Gasteiger partial charge in [-0.05, 0) is 25.8 Å². The van der Waals surface area contributed by atoms with Crippen molar-refractivity contribution in [2.75, 3.05) is 4.43 Å². The normalized spacial score (nSPS) is 32.0. The van der Waals surface area contributed by atoms with E-state index < -0.39 is 0 Å². The summed E-state index contributed by atoms with van der Waals surface area (Å²) in [7, 11) is 0. The van der Waals surface area contributed by atoms with E-state index in [9.17, 15) is 0 Å². The average molecular weight is 304 g/mol. The van der Waals surface area contributed by atoms with E-state index in [2.05, 4.69) is 39.5 Å². The van der Waals surface area contributed by atoms with Crippen molar-refractivity contribution in [2.45, 2.75) is 31.5 Å². The van der Waals surface area contributed by atoms with Gasteiger partial charge < -0.3 is 4.74 Å². The second-order valence-corrected chi connectivity index (χ2v) is 4.63. The molecule has 2 rings (SSSR count). The summed E-state index contributed by atoms with van der Waals surface area (Å²) in [6.07, 6.45) is 5.70. The van der Waals surface area contributed by atoms with Gasteiger partial charge in [-0.25, -0.2) is 9.97 Å². The summed E-state index contributed by atoms with van der Waals surface area (Å²) in [6, 6.07) is 1.93. The fourth-order valence-electron chi connectivity index (χ4n) is 1.70. The molecule has 0 saturated carbocycles. The molecule has 1 fully saturated rings. The van der Waals surface area contributed by atoms with Gasteiger partial charge in [-0.15, -0.1) is 0 Å². The minimum atomic E-state index is 0.0379. The Labute approximate surface area is 97.4 Å². The van der Waals surface area contributed by atoms with Crippen LogP contribution in [0.25, 0.3) is 0 Å². The average Bonchev–Trinajstić information content (AvgIpc) is 2.63. The zero-order valence-electron chi connectivity index (χ0n) is 8.11. The van der Waals surface area contributed by atoms with Crippen LogP contribution in [0.1, 0.15) is 31.6 Å². The molecule has 1 aromatic rings. The second-order valence-electron chi connectivity index (χ2n) is 3.86.